The lowest BCUT2D eigenvalue weighted by molar-refractivity contribution is -0.138. The molecule has 4 aromatic rings. The van der Waals surface area contributed by atoms with Gasteiger partial charge < -0.3 is 30.6 Å². The number of carboxylic acid groups (broad SMARTS) is 2. The minimum absolute atomic E-state index is 0.0221. The number of benzene rings is 4. The van der Waals surface area contributed by atoms with E-state index >= 15 is 0 Å². The Balaban J connectivity index is 0.965. The maximum Gasteiger partial charge on any atom is 0.304 e. The van der Waals surface area contributed by atoms with Crippen molar-refractivity contribution in [3.63, 3.8) is 0 Å². The molecule has 4 aromatic carbocycles. The summed E-state index contributed by atoms with van der Waals surface area (Å²) in [6.45, 7) is 11.9. The highest BCUT2D eigenvalue weighted by Crippen LogP contribution is 2.31. The number of amides is 2. The molecule has 386 valence electrons. The van der Waals surface area contributed by atoms with E-state index in [0.717, 1.165) is 74.9 Å². The van der Waals surface area contributed by atoms with Gasteiger partial charge in [-0.2, -0.15) is 0 Å². The number of anilines is 2. The molecule has 4 N–H and O–H groups in total. The molecule has 1 unspecified atom stereocenters. The van der Waals surface area contributed by atoms with Gasteiger partial charge in [0.05, 0.1) is 23.9 Å². The first-order valence-electron chi connectivity index (χ1n) is 25.3. The number of hydrogen-bond acceptors (Lipinski definition) is 12. The average molecular weight is 987 g/mol. The molecule has 0 aromatic heterocycles. The van der Waals surface area contributed by atoms with Crippen LogP contribution in [0.3, 0.4) is 0 Å². The number of likely N-dealkylation sites (N-methyl/N-ethyl adjacent to an activating group) is 2. The lowest BCUT2D eigenvalue weighted by Crippen LogP contribution is -2.52. The van der Waals surface area contributed by atoms with Gasteiger partial charge in [-0.15, -0.1) is 0 Å². The first-order chi connectivity index (χ1) is 34.5. The van der Waals surface area contributed by atoms with Crippen molar-refractivity contribution in [2.75, 3.05) is 117 Å². The number of ketones is 2. The van der Waals surface area contributed by atoms with Crippen molar-refractivity contribution < 1.29 is 39.0 Å². The van der Waals surface area contributed by atoms with Crippen LogP contribution < -0.4 is 20.4 Å². The van der Waals surface area contributed by atoms with Gasteiger partial charge in [-0.3, -0.25) is 48.4 Å². The Hall–Kier alpha value is -6.46. The van der Waals surface area contributed by atoms with Gasteiger partial charge in [0.25, 0.3) is 11.8 Å². The Morgan fingerprint density at radius 2 is 0.778 bits per heavy atom. The fourth-order valence-corrected chi connectivity index (χ4v) is 10.0. The Morgan fingerprint density at radius 1 is 0.472 bits per heavy atom. The fraction of sp³-hybridized carbons (Fsp3) is 0.464. The summed E-state index contributed by atoms with van der Waals surface area (Å²) in [5, 5.41) is 23.8. The molecule has 72 heavy (non-hydrogen) atoms. The van der Waals surface area contributed by atoms with Crippen molar-refractivity contribution in [2.45, 2.75) is 63.5 Å². The highest BCUT2D eigenvalue weighted by atomic mass is 16.4. The number of Topliss-reactive ketones (excluding diaryl/α,β-unsaturated/α-hetero) is 2. The molecule has 16 heteroatoms. The van der Waals surface area contributed by atoms with E-state index in [2.05, 4.69) is 30.2 Å². The van der Waals surface area contributed by atoms with Crippen molar-refractivity contribution >= 4 is 46.7 Å². The molecule has 2 amide bonds. The third kappa shape index (κ3) is 13.7. The third-order valence-electron chi connectivity index (χ3n) is 14.9. The van der Waals surface area contributed by atoms with Crippen LogP contribution in [0, 0.1) is 0 Å². The summed E-state index contributed by atoms with van der Waals surface area (Å²) in [5.41, 5.74) is 4.47. The number of nitrogens with one attached hydrogen (secondary N) is 2. The minimum atomic E-state index is -0.814. The zero-order valence-corrected chi connectivity index (χ0v) is 43.0. The highest BCUT2D eigenvalue weighted by Gasteiger charge is 2.41. The molecule has 2 fully saturated rings. The lowest BCUT2D eigenvalue weighted by atomic mass is 9.80. The summed E-state index contributed by atoms with van der Waals surface area (Å²) in [6.07, 6.45) is 2.33. The predicted molar refractivity (Wildman–Crippen MR) is 282 cm³/mol. The number of nitrogens with zero attached hydrogens (tertiary/aromatic N) is 6. The smallest absolute Gasteiger partial charge is 0.304 e. The molecule has 0 bridgehead atoms. The van der Waals surface area contributed by atoms with Gasteiger partial charge in [0, 0.05) is 112 Å². The van der Waals surface area contributed by atoms with Crippen molar-refractivity contribution in [1.29, 1.82) is 0 Å². The summed E-state index contributed by atoms with van der Waals surface area (Å²) in [4.78, 5) is 89.6. The van der Waals surface area contributed by atoms with Gasteiger partial charge >= 0.3 is 11.9 Å². The van der Waals surface area contributed by atoms with Gasteiger partial charge in [0.2, 0.25) is 0 Å². The number of carboxylic acids is 2. The first kappa shape index (κ1) is 54.9. The van der Waals surface area contributed by atoms with E-state index < -0.39 is 23.0 Å². The number of carbonyl (C=O) groups excluding carboxylic acids is 4. The molecule has 0 aliphatic carbocycles. The number of piperazine rings is 2. The molecule has 0 spiro atoms. The number of carbonyl (C=O) groups is 6. The normalized spacial score (nSPS) is 16.2. The molecule has 16 nitrogen and oxygen atoms in total. The number of rotatable bonds is 25. The van der Waals surface area contributed by atoms with Crippen LogP contribution in [0.5, 0.6) is 0 Å². The molecular formula is C56H74N8O8. The molecule has 2 atom stereocenters. The number of hydrogen-bond donors (Lipinski definition) is 4. The second kappa shape index (κ2) is 25.3. The van der Waals surface area contributed by atoms with E-state index in [0.29, 0.717) is 61.0 Å². The Labute approximate surface area is 424 Å². The third-order valence-corrected chi connectivity index (χ3v) is 14.9. The van der Waals surface area contributed by atoms with Crippen LogP contribution >= 0.6 is 0 Å². The molecule has 0 radical (unpaired) electrons. The van der Waals surface area contributed by atoms with E-state index in [-0.39, 0.29) is 49.3 Å². The fourth-order valence-electron chi connectivity index (χ4n) is 10.0. The maximum absolute atomic E-state index is 14.3. The summed E-state index contributed by atoms with van der Waals surface area (Å²) in [5.74, 6) is -2.08. The summed E-state index contributed by atoms with van der Waals surface area (Å²) < 4.78 is 0. The largest absolute Gasteiger partial charge is 0.481 e. The standard InChI is InChI=1S/C56H74N8O8/c1-7-55(59(3)4,51(69)43-17-21-47(22-18-43)63-35-31-61(32-36-63)29-25-49(65)66)39-41-9-13-45(14-10-41)53(71)57-27-28-58-54(72)46-15-11-42(12-16-46)40-56(8-2,60(5)6)52(70)44-19-23-48(24-20-44)64-37-33-62(34-38-64)30-26-50(67)68/h9-24H,7-8,25-40H2,1-6H3,(H,57,71)(H,58,72)(H,65,66)(H,67,68)/t55-,56?/m1/s1. The summed E-state index contributed by atoms with van der Waals surface area (Å²) >= 11 is 0. The van der Waals surface area contributed by atoms with Crippen LogP contribution in [0.4, 0.5) is 11.4 Å². The zero-order chi connectivity index (χ0) is 52.0. The Bertz CT molecular complexity index is 2290. The highest BCUT2D eigenvalue weighted by molar-refractivity contribution is 6.04. The molecule has 2 heterocycles. The second-order valence-corrected chi connectivity index (χ2v) is 19.5. The van der Waals surface area contributed by atoms with Gasteiger partial charge in [-0.25, -0.2) is 0 Å². The van der Waals surface area contributed by atoms with Crippen LogP contribution in [0.25, 0.3) is 0 Å². The van der Waals surface area contributed by atoms with E-state index in [1.807, 2.05) is 125 Å². The monoisotopic (exact) mass is 987 g/mol. The summed E-state index contributed by atoms with van der Waals surface area (Å²) in [7, 11) is 7.69. The molecule has 2 saturated heterocycles. The van der Waals surface area contributed by atoms with Crippen molar-refractivity contribution in [1.82, 2.24) is 30.2 Å². The van der Waals surface area contributed by atoms with Gasteiger partial charge in [0.15, 0.2) is 11.6 Å². The molecular weight excluding hydrogens is 913 g/mol. The van der Waals surface area contributed by atoms with E-state index in [4.69, 9.17) is 10.2 Å². The van der Waals surface area contributed by atoms with Crippen molar-refractivity contribution in [3.05, 3.63) is 130 Å². The topological polar surface area (TPSA) is 186 Å². The van der Waals surface area contributed by atoms with E-state index in [9.17, 15) is 28.8 Å². The minimum Gasteiger partial charge on any atom is -0.481 e. The van der Waals surface area contributed by atoms with Crippen LogP contribution in [-0.4, -0.2) is 183 Å². The predicted octanol–water partition coefficient (Wildman–Crippen LogP) is 5.31. The quantitative estimate of drug-likeness (QED) is 0.0495. The van der Waals surface area contributed by atoms with Gasteiger partial charge in [-0.1, -0.05) is 38.1 Å². The molecule has 2 aliphatic heterocycles. The zero-order valence-electron chi connectivity index (χ0n) is 43.0. The van der Waals surface area contributed by atoms with E-state index in [1.165, 1.54) is 0 Å². The van der Waals surface area contributed by atoms with Gasteiger partial charge in [-0.05, 0) is 138 Å². The number of aliphatic carboxylic acids is 2. The second-order valence-electron chi connectivity index (χ2n) is 19.5. The Morgan fingerprint density at radius 3 is 1.06 bits per heavy atom. The van der Waals surface area contributed by atoms with Crippen LogP contribution in [0.1, 0.15) is 92.1 Å². The Kier molecular flexibility index (Phi) is 19.3. The maximum atomic E-state index is 14.3. The van der Waals surface area contributed by atoms with E-state index in [1.54, 1.807) is 24.3 Å². The van der Waals surface area contributed by atoms with Crippen molar-refractivity contribution in [3.8, 4) is 0 Å². The lowest BCUT2D eigenvalue weighted by Gasteiger charge is -2.38. The van der Waals surface area contributed by atoms with Crippen LogP contribution in [0.2, 0.25) is 0 Å². The molecule has 6 rings (SSSR count). The average Bonchev–Trinajstić information content (AvgIpc) is 3.39. The summed E-state index contributed by atoms with van der Waals surface area (Å²) in [6, 6.07) is 30.1. The van der Waals surface area contributed by atoms with Crippen LogP contribution in [0.15, 0.2) is 97.1 Å². The van der Waals surface area contributed by atoms with Crippen LogP contribution in [-0.2, 0) is 22.4 Å². The first-order valence-corrected chi connectivity index (χ1v) is 25.3. The van der Waals surface area contributed by atoms with Gasteiger partial charge in [0.1, 0.15) is 0 Å². The molecule has 2 aliphatic rings. The molecule has 0 saturated carbocycles. The van der Waals surface area contributed by atoms with Crippen molar-refractivity contribution in [2.24, 2.45) is 0 Å². The SMILES string of the molecule is CCC(Cc1ccc(C(=O)NCCNC(=O)c2ccc(C[C@](CC)(C(=O)c3ccc(N4CCN(CCC(=O)O)CC4)cc3)N(C)C)cc2)cc1)(C(=O)c1ccc(N2CCN(CCC(=O)O)CC2)cc1)N(C)C.